The Morgan fingerprint density at radius 3 is 2.74 bits per heavy atom. The molecule has 0 N–H and O–H groups in total. The van der Waals surface area contributed by atoms with Gasteiger partial charge in [0.25, 0.3) is 0 Å². The molecule has 0 saturated heterocycles. The van der Waals surface area contributed by atoms with Gasteiger partial charge < -0.3 is 4.57 Å². The third kappa shape index (κ3) is 2.07. The Labute approximate surface area is 109 Å². The lowest BCUT2D eigenvalue weighted by atomic mass is 10.2. The number of aromatic nitrogens is 2. The second-order valence-electron chi connectivity index (χ2n) is 5.14. The van der Waals surface area contributed by atoms with Crippen molar-refractivity contribution in [1.29, 1.82) is 5.26 Å². The van der Waals surface area contributed by atoms with Crippen molar-refractivity contribution in [1.82, 2.24) is 9.55 Å². The number of imidazole rings is 1. The maximum Gasteiger partial charge on any atom is 0.161 e. The molecule has 1 aromatic carbocycles. The van der Waals surface area contributed by atoms with Gasteiger partial charge >= 0.3 is 0 Å². The van der Waals surface area contributed by atoms with Crippen molar-refractivity contribution < 1.29 is 8.78 Å². The SMILES string of the molecule is CC(C#N)Cn1c(C2CC2)nc2cc(F)c(F)cc21. The van der Waals surface area contributed by atoms with Crippen LogP contribution in [0.2, 0.25) is 0 Å². The minimum absolute atomic E-state index is 0.192. The molecule has 2 aromatic rings. The molecule has 19 heavy (non-hydrogen) atoms. The van der Waals surface area contributed by atoms with Crippen molar-refractivity contribution in [2.24, 2.45) is 5.92 Å². The summed E-state index contributed by atoms with van der Waals surface area (Å²) in [7, 11) is 0. The number of benzene rings is 1. The number of hydrogen-bond acceptors (Lipinski definition) is 2. The third-order valence-electron chi connectivity index (χ3n) is 3.44. The highest BCUT2D eigenvalue weighted by Crippen LogP contribution is 2.41. The van der Waals surface area contributed by atoms with E-state index in [0.29, 0.717) is 23.5 Å². The third-order valence-corrected chi connectivity index (χ3v) is 3.44. The molecule has 0 radical (unpaired) electrons. The molecule has 98 valence electrons. The normalized spacial score (nSPS) is 16.5. The first kappa shape index (κ1) is 12.1. The average molecular weight is 261 g/mol. The van der Waals surface area contributed by atoms with Gasteiger partial charge in [0.1, 0.15) is 5.82 Å². The van der Waals surface area contributed by atoms with E-state index < -0.39 is 11.6 Å². The van der Waals surface area contributed by atoms with Gasteiger partial charge in [-0.25, -0.2) is 13.8 Å². The number of halogens is 2. The van der Waals surface area contributed by atoms with Crippen LogP contribution in [0.15, 0.2) is 12.1 Å². The van der Waals surface area contributed by atoms with Gasteiger partial charge in [-0.3, -0.25) is 0 Å². The Morgan fingerprint density at radius 2 is 2.11 bits per heavy atom. The summed E-state index contributed by atoms with van der Waals surface area (Å²) in [6.45, 7) is 2.27. The fourth-order valence-corrected chi connectivity index (χ4v) is 2.30. The lowest BCUT2D eigenvalue weighted by Crippen LogP contribution is -2.09. The van der Waals surface area contributed by atoms with E-state index in [1.165, 1.54) is 6.07 Å². The van der Waals surface area contributed by atoms with Crippen LogP contribution in [0.25, 0.3) is 11.0 Å². The van der Waals surface area contributed by atoms with Gasteiger partial charge in [0.15, 0.2) is 11.6 Å². The van der Waals surface area contributed by atoms with Crippen molar-refractivity contribution in [3.8, 4) is 6.07 Å². The quantitative estimate of drug-likeness (QED) is 0.850. The largest absolute Gasteiger partial charge is 0.326 e. The Balaban J connectivity index is 2.17. The summed E-state index contributed by atoms with van der Waals surface area (Å²) in [6.07, 6.45) is 2.10. The zero-order valence-electron chi connectivity index (χ0n) is 10.5. The zero-order valence-corrected chi connectivity index (χ0v) is 10.5. The Kier molecular flexibility index (Phi) is 2.74. The van der Waals surface area contributed by atoms with E-state index in [0.717, 1.165) is 24.7 Å². The summed E-state index contributed by atoms with van der Waals surface area (Å²) in [4.78, 5) is 4.41. The number of rotatable bonds is 3. The number of hydrogen-bond donors (Lipinski definition) is 0. The second-order valence-corrected chi connectivity index (χ2v) is 5.14. The molecule has 1 fully saturated rings. The standard InChI is InChI=1S/C14H13F2N3/c1-8(6-17)7-19-13-5-11(16)10(15)4-12(13)18-14(19)9-2-3-9/h4-5,8-9H,2-3,7H2,1H3. The van der Waals surface area contributed by atoms with Crippen molar-refractivity contribution in [2.45, 2.75) is 32.2 Å². The maximum absolute atomic E-state index is 13.4. The van der Waals surface area contributed by atoms with E-state index in [-0.39, 0.29) is 5.92 Å². The molecule has 5 heteroatoms. The van der Waals surface area contributed by atoms with Crippen LogP contribution >= 0.6 is 0 Å². The lowest BCUT2D eigenvalue weighted by Gasteiger charge is -2.09. The highest BCUT2D eigenvalue weighted by Gasteiger charge is 2.30. The van der Waals surface area contributed by atoms with Gasteiger partial charge in [-0.15, -0.1) is 0 Å². The topological polar surface area (TPSA) is 41.6 Å². The molecule has 0 aliphatic heterocycles. The number of nitriles is 1. The molecular weight excluding hydrogens is 248 g/mol. The fourth-order valence-electron chi connectivity index (χ4n) is 2.30. The minimum Gasteiger partial charge on any atom is -0.326 e. The van der Waals surface area contributed by atoms with Crippen LogP contribution in [0.4, 0.5) is 8.78 Å². The molecule has 1 aromatic heterocycles. The van der Waals surface area contributed by atoms with Crippen molar-refractivity contribution >= 4 is 11.0 Å². The summed E-state index contributed by atoms with van der Waals surface area (Å²) >= 11 is 0. The summed E-state index contributed by atoms with van der Waals surface area (Å²) in [5, 5.41) is 8.93. The first-order valence-corrected chi connectivity index (χ1v) is 6.35. The molecule has 0 amide bonds. The van der Waals surface area contributed by atoms with E-state index in [4.69, 9.17) is 5.26 Å². The average Bonchev–Trinajstić information content (AvgIpc) is 3.17. The predicted octanol–water partition coefficient (Wildman–Crippen LogP) is 3.35. The Bertz CT molecular complexity index is 680. The van der Waals surface area contributed by atoms with E-state index in [1.54, 1.807) is 0 Å². The van der Waals surface area contributed by atoms with Crippen LogP contribution in [0, 0.1) is 28.9 Å². The van der Waals surface area contributed by atoms with Gasteiger partial charge in [-0.2, -0.15) is 5.26 Å². The summed E-state index contributed by atoms with van der Waals surface area (Å²) in [5.41, 5.74) is 1.04. The molecule has 1 heterocycles. The highest BCUT2D eigenvalue weighted by molar-refractivity contribution is 5.76. The molecule has 0 bridgehead atoms. The van der Waals surface area contributed by atoms with Crippen LogP contribution in [-0.2, 0) is 6.54 Å². The van der Waals surface area contributed by atoms with E-state index in [1.807, 2.05) is 11.5 Å². The maximum atomic E-state index is 13.4. The molecule has 1 unspecified atom stereocenters. The monoisotopic (exact) mass is 261 g/mol. The van der Waals surface area contributed by atoms with E-state index in [9.17, 15) is 8.78 Å². The van der Waals surface area contributed by atoms with Crippen LogP contribution in [0.5, 0.6) is 0 Å². The first-order valence-electron chi connectivity index (χ1n) is 6.35. The molecule has 3 nitrogen and oxygen atoms in total. The van der Waals surface area contributed by atoms with Crippen molar-refractivity contribution in [3.63, 3.8) is 0 Å². The van der Waals surface area contributed by atoms with Crippen LogP contribution in [0.3, 0.4) is 0 Å². The Morgan fingerprint density at radius 1 is 1.42 bits per heavy atom. The zero-order chi connectivity index (χ0) is 13.6. The van der Waals surface area contributed by atoms with E-state index >= 15 is 0 Å². The Hall–Kier alpha value is -1.96. The molecule has 1 aliphatic carbocycles. The van der Waals surface area contributed by atoms with Crippen LogP contribution < -0.4 is 0 Å². The van der Waals surface area contributed by atoms with Crippen LogP contribution in [-0.4, -0.2) is 9.55 Å². The first-order chi connectivity index (χ1) is 9.10. The van der Waals surface area contributed by atoms with Gasteiger partial charge in [0.05, 0.1) is 23.0 Å². The smallest absolute Gasteiger partial charge is 0.161 e. The van der Waals surface area contributed by atoms with Crippen molar-refractivity contribution in [3.05, 3.63) is 29.6 Å². The minimum atomic E-state index is -0.882. The van der Waals surface area contributed by atoms with Gasteiger partial charge in [-0.1, -0.05) is 0 Å². The molecule has 3 rings (SSSR count). The van der Waals surface area contributed by atoms with Gasteiger partial charge in [0, 0.05) is 24.6 Å². The fraction of sp³-hybridized carbons (Fsp3) is 0.429. The molecular formula is C14H13F2N3. The molecule has 0 spiro atoms. The van der Waals surface area contributed by atoms with Crippen LogP contribution in [0.1, 0.15) is 31.5 Å². The predicted molar refractivity (Wildman–Crippen MR) is 66.4 cm³/mol. The summed E-state index contributed by atoms with van der Waals surface area (Å²) in [6, 6.07) is 4.47. The number of fused-ring (bicyclic) bond motifs is 1. The van der Waals surface area contributed by atoms with Crippen molar-refractivity contribution in [2.75, 3.05) is 0 Å². The van der Waals surface area contributed by atoms with E-state index in [2.05, 4.69) is 11.1 Å². The molecule has 1 atom stereocenters. The molecule has 1 saturated carbocycles. The summed E-state index contributed by atoms with van der Waals surface area (Å²) in [5.74, 6) is -0.733. The van der Waals surface area contributed by atoms with Gasteiger partial charge in [0.2, 0.25) is 0 Å². The van der Waals surface area contributed by atoms with Gasteiger partial charge in [-0.05, 0) is 19.8 Å². The lowest BCUT2D eigenvalue weighted by molar-refractivity contribution is 0.509. The second kappa shape index (κ2) is 4.30. The number of nitrogens with zero attached hydrogens (tertiary/aromatic N) is 3. The highest BCUT2D eigenvalue weighted by atomic mass is 19.2. The summed E-state index contributed by atoms with van der Waals surface area (Å²) < 4.78 is 28.5. The molecule has 1 aliphatic rings.